The molecule has 17 heavy (non-hydrogen) atoms. The van der Waals surface area contributed by atoms with Crippen LogP contribution in [0.1, 0.15) is 44.1 Å². The average Bonchev–Trinajstić information content (AvgIpc) is 2.61. The predicted molar refractivity (Wildman–Crippen MR) is 74.3 cm³/mol. The van der Waals surface area contributed by atoms with Crippen molar-refractivity contribution < 1.29 is 0 Å². The van der Waals surface area contributed by atoms with Gasteiger partial charge in [0.25, 0.3) is 0 Å². The number of nitrogens with two attached hydrogens (primary N) is 1. The highest BCUT2D eigenvalue weighted by Crippen LogP contribution is 2.27. The SMILES string of the molecule is NC(Cc1ccccc1Cl)C1CCCCCC1. The second-order valence-corrected chi connectivity index (χ2v) is 5.62. The molecule has 0 saturated heterocycles. The molecule has 0 aliphatic heterocycles. The Kier molecular flexibility index (Phi) is 4.87. The first-order chi connectivity index (χ1) is 8.27. The molecular weight excluding hydrogens is 230 g/mol. The lowest BCUT2D eigenvalue weighted by Crippen LogP contribution is -2.32. The lowest BCUT2D eigenvalue weighted by atomic mass is 9.88. The topological polar surface area (TPSA) is 26.0 Å². The van der Waals surface area contributed by atoms with Gasteiger partial charge in [-0.1, -0.05) is 55.5 Å². The molecule has 2 N–H and O–H groups in total. The van der Waals surface area contributed by atoms with Gasteiger partial charge in [-0.05, 0) is 36.8 Å². The van der Waals surface area contributed by atoms with Crippen LogP contribution in [0.4, 0.5) is 0 Å². The summed E-state index contributed by atoms with van der Waals surface area (Å²) in [5.41, 5.74) is 7.56. The van der Waals surface area contributed by atoms with Gasteiger partial charge in [-0.3, -0.25) is 0 Å². The van der Waals surface area contributed by atoms with Crippen molar-refractivity contribution >= 4 is 11.6 Å². The van der Waals surface area contributed by atoms with Gasteiger partial charge in [0.05, 0.1) is 0 Å². The smallest absolute Gasteiger partial charge is 0.0438 e. The minimum atomic E-state index is 0.271. The monoisotopic (exact) mass is 251 g/mol. The summed E-state index contributed by atoms with van der Waals surface area (Å²) in [6, 6.07) is 8.34. The van der Waals surface area contributed by atoms with Gasteiger partial charge in [-0.2, -0.15) is 0 Å². The third kappa shape index (κ3) is 3.72. The first-order valence-electron chi connectivity index (χ1n) is 6.76. The molecule has 1 aromatic rings. The number of hydrogen-bond donors (Lipinski definition) is 1. The molecular formula is C15H22ClN. The van der Waals surface area contributed by atoms with Crippen molar-refractivity contribution in [2.45, 2.75) is 51.0 Å². The molecule has 0 amide bonds. The molecule has 1 aromatic carbocycles. The molecule has 2 heteroatoms. The second-order valence-electron chi connectivity index (χ2n) is 5.21. The van der Waals surface area contributed by atoms with Crippen LogP contribution in [0.25, 0.3) is 0 Å². The highest BCUT2D eigenvalue weighted by Gasteiger charge is 2.20. The van der Waals surface area contributed by atoms with Gasteiger partial charge in [-0.15, -0.1) is 0 Å². The first kappa shape index (κ1) is 12.9. The van der Waals surface area contributed by atoms with Crippen molar-refractivity contribution in [1.29, 1.82) is 0 Å². The first-order valence-corrected chi connectivity index (χ1v) is 7.14. The molecule has 1 aliphatic carbocycles. The van der Waals surface area contributed by atoms with Gasteiger partial charge in [-0.25, -0.2) is 0 Å². The van der Waals surface area contributed by atoms with E-state index in [1.807, 2.05) is 18.2 Å². The maximum Gasteiger partial charge on any atom is 0.0438 e. The van der Waals surface area contributed by atoms with E-state index in [1.165, 1.54) is 44.1 Å². The van der Waals surface area contributed by atoms with Crippen LogP contribution in [0.2, 0.25) is 5.02 Å². The van der Waals surface area contributed by atoms with Crippen LogP contribution in [0, 0.1) is 5.92 Å². The van der Waals surface area contributed by atoms with Gasteiger partial charge in [0.15, 0.2) is 0 Å². The molecule has 0 bridgehead atoms. The number of halogens is 1. The quantitative estimate of drug-likeness (QED) is 0.802. The van der Waals surface area contributed by atoms with E-state index in [4.69, 9.17) is 17.3 Å². The van der Waals surface area contributed by atoms with Crippen molar-refractivity contribution in [2.75, 3.05) is 0 Å². The Hall–Kier alpha value is -0.530. The Labute approximate surface area is 109 Å². The third-order valence-electron chi connectivity index (χ3n) is 3.92. The molecule has 2 rings (SSSR count). The summed E-state index contributed by atoms with van der Waals surface area (Å²) in [6.07, 6.45) is 8.98. The molecule has 1 fully saturated rings. The number of hydrogen-bond acceptors (Lipinski definition) is 1. The molecule has 1 aliphatic rings. The summed E-state index contributed by atoms with van der Waals surface area (Å²) in [5.74, 6) is 0.689. The molecule has 0 aromatic heterocycles. The largest absolute Gasteiger partial charge is 0.327 e. The van der Waals surface area contributed by atoms with Crippen molar-refractivity contribution in [1.82, 2.24) is 0 Å². The van der Waals surface area contributed by atoms with Crippen molar-refractivity contribution in [2.24, 2.45) is 11.7 Å². The minimum Gasteiger partial charge on any atom is -0.327 e. The number of rotatable bonds is 3. The highest BCUT2D eigenvalue weighted by atomic mass is 35.5. The fourth-order valence-electron chi connectivity index (χ4n) is 2.82. The van der Waals surface area contributed by atoms with Gasteiger partial charge >= 0.3 is 0 Å². The van der Waals surface area contributed by atoms with E-state index in [1.54, 1.807) is 0 Å². The Morgan fingerprint density at radius 1 is 1.12 bits per heavy atom. The number of benzene rings is 1. The maximum atomic E-state index is 6.36. The van der Waals surface area contributed by atoms with E-state index in [0.717, 1.165) is 11.4 Å². The Morgan fingerprint density at radius 2 is 1.76 bits per heavy atom. The van der Waals surface area contributed by atoms with E-state index in [2.05, 4.69) is 6.07 Å². The molecule has 0 radical (unpaired) electrons. The molecule has 1 nitrogen and oxygen atoms in total. The van der Waals surface area contributed by atoms with Crippen molar-refractivity contribution in [3.8, 4) is 0 Å². The highest BCUT2D eigenvalue weighted by molar-refractivity contribution is 6.31. The zero-order valence-electron chi connectivity index (χ0n) is 10.4. The van der Waals surface area contributed by atoms with Crippen LogP contribution < -0.4 is 5.73 Å². The van der Waals surface area contributed by atoms with Crippen LogP contribution >= 0.6 is 11.6 Å². The zero-order chi connectivity index (χ0) is 12.1. The molecule has 0 heterocycles. The molecule has 1 atom stereocenters. The average molecular weight is 252 g/mol. The summed E-state index contributed by atoms with van der Waals surface area (Å²) < 4.78 is 0. The maximum absolute atomic E-state index is 6.36. The van der Waals surface area contributed by atoms with Crippen LogP contribution in [0.5, 0.6) is 0 Å². The fourth-order valence-corrected chi connectivity index (χ4v) is 3.04. The van der Waals surface area contributed by atoms with Crippen molar-refractivity contribution in [3.05, 3.63) is 34.9 Å². The second kappa shape index (κ2) is 6.42. The van der Waals surface area contributed by atoms with E-state index in [9.17, 15) is 0 Å². The standard InChI is InChI=1S/C15H22ClN/c16-14-10-6-5-9-13(14)11-15(17)12-7-3-1-2-4-8-12/h5-6,9-10,12,15H,1-4,7-8,11,17H2. The Balaban J connectivity index is 1.95. The summed E-state index contributed by atoms with van der Waals surface area (Å²) in [5, 5.41) is 0.858. The Morgan fingerprint density at radius 3 is 2.41 bits per heavy atom. The van der Waals surface area contributed by atoms with Crippen LogP contribution in [0.15, 0.2) is 24.3 Å². The van der Waals surface area contributed by atoms with Crippen LogP contribution in [0.3, 0.4) is 0 Å². The Bertz CT molecular complexity index is 343. The predicted octanol–water partition coefficient (Wildman–Crippen LogP) is 4.18. The molecule has 1 saturated carbocycles. The molecule has 1 unspecified atom stereocenters. The van der Waals surface area contributed by atoms with E-state index in [0.29, 0.717) is 5.92 Å². The fraction of sp³-hybridized carbons (Fsp3) is 0.600. The van der Waals surface area contributed by atoms with E-state index >= 15 is 0 Å². The zero-order valence-corrected chi connectivity index (χ0v) is 11.1. The van der Waals surface area contributed by atoms with E-state index in [-0.39, 0.29) is 6.04 Å². The van der Waals surface area contributed by atoms with Gasteiger partial charge in [0, 0.05) is 11.1 Å². The van der Waals surface area contributed by atoms with Crippen LogP contribution in [-0.4, -0.2) is 6.04 Å². The van der Waals surface area contributed by atoms with Gasteiger partial charge in [0.1, 0.15) is 0 Å². The van der Waals surface area contributed by atoms with Crippen LogP contribution in [-0.2, 0) is 6.42 Å². The summed E-state index contributed by atoms with van der Waals surface area (Å²) >= 11 is 6.18. The van der Waals surface area contributed by atoms with Gasteiger partial charge < -0.3 is 5.73 Å². The normalized spacial score (nSPS) is 19.9. The van der Waals surface area contributed by atoms with Gasteiger partial charge in [0.2, 0.25) is 0 Å². The third-order valence-corrected chi connectivity index (χ3v) is 4.29. The summed E-state index contributed by atoms with van der Waals surface area (Å²) in [4.78, 5) is 0. The molecule has 94 valence electrons. The van der Waals surface area contributed by atoms with E-state index < -0.39 is 0 Å². The summed E-state index contributed by atoms with van der Waals surface area (Å²) in [6.45, 7) is 0. The molecule has 0 spiro atoms. The lowest BCUT2D eigenvalue weighted by Gasteiger charge is -2.22. The summed E-state index contributed by atoms with van der Waals surface area (Å²) in [7, 11) is 0. The van der Waals surface area contributed by atoms with Crippen molar-refractivity contribution in [3.63, 3.8) is 0 Å². The minimum absolute atomic E-state index is 0.271. The lowest BCUT2D eigenvalue weighted by molar-refractivity contribution is 0.372.